The van der Waals surface area contributed by atoms with E-state index < -0.39 is 5.97 Å². The van der Waals surface area contributed by atoms with Crippen LogP contribution in [0.3, 0.4) is 0 Å². The summed E-state index contributed by atoms with van der Waals surface area (Å²) in [5.41, 5.74) is 3.60. The first-order valence-corrected chi connectivity index (χ1v) is 18.5. The molecule has 7 rings (SSSR count). The molecular weight excluding hydrogens is 584 g/mol. The van der Waals surface area contributed by atoms with Gasteiger partial charge in [0, 0.05) is 23.6 Å². The number of carbonyl (C=O) groups excluding carboxylic acids is 2. The number of carboxylic acid groups (broad SMARTS) is 1. The predicted molar refractivity (Wildman–Crippen MR) is 183 cm³/mol. The molecule has 5 fully saturated rings. The first-order chi connectivity index (χ1) is 22.4. The average Bonchev–Trinajstić information content (AvgIpc) is 3.49. The molecular formula is C41H54N2O4. The van der Waals surface area contributed by atoms with Gasteiger partial charge in [-0.1, -0.05) is 46.2 Å². The molecule has 5 aliphatic carbocycles. The second-order valence-corrected chi connectivity index (χ2v) is 17.3. The van der Waals surface area contributed by atoms with Crippen LogP contribution in [0.4, 0.5) is 0 Å². The Labute approximate surface area is 280 Å². The van der Waals surface area contributed by atoms with Crippen LogP contribution in [0.5, 0.6) is 0 Å². The van der Waals surface area contributed by atoms with Gasteiger partial charge in [0.15, 0.2) is 0 Å². The third-order valence-electron chi connectivity index (χ3n) is 15.0. The van der Waals surface area contributed by atoms with Gasteiger partial charge in [-0.25, -0.2) is 4.79 Å². The number of hydrogen-bond donors (Lipinski definition) is 2. The molecule has 252 valence electrons. The molecule has 2 N–H and O–H groups in total. The lowest BCUT2D eigenvalue weighted by molar-refractivity contribution is -0.196. The van der Waals surface area contributed by atoms with E-state index in [9.17, 15) is 14.4 Å². The van der Waals surface area contributed by atoms with Crippen LogP contribution in [-0.4, -0.2) is 27.8 Å². The van der Waals surface area contributed by atoms with E-state index in [-0.39, 0.29) is 23.4 Å². The monoisotopic (exact) mass is 638 g/mol. The average molecular weight is 639 g/mol. The highest BCUT2D eigenvalue weighted by Crippen LogP contribution is 2.73. The number of aryl methyl sites for hydroxylation is 1. The summed E-state index contributed by atoms with van der Waals surface area (Å²) in [5, 5.41) is 12.0. The SMILES string of the molecule is CC1(C)C(=O)CCC2(C)C1CCC1(C)C3CCC4(CCc5cccc(C(=O)NCc6ccc(C(=O)O)cn6)c5)CCCC4C3CCC12. The first-order valence-electron chi connectivity index (χ1n) is 18.5. The van der Waals surface area contributed by atoms with Crippen molar-refractivity contribution in [3.8, 4) is 0 Å². The molecule has 0 bridgehead atoms. The number of nitrogens with one attached hydrogen (secondary N) is 1. The molecule has 1 amide bonds. The molecule has 0 radical (unpaired) electrons. The lowest BCUT2D eigenvalue weighted by Crippen LogP contribution is -2.62. The number of Topliss-reactive ketones (excluding diaryl/α,β-unsaturated/α-hetero) is 1. The maximum absolute atomic E-state index is 13.0. The topological polar surface area (TPSA) is 96.4 Å². The second-order valence-electron chi connectivity index (χ2n) is 17.3. The molecule has 5 aliphatic rings. The Hall–Kier alpha value is -3.02. The van der Waals surface area contributed by atoms with Gasteiger partial charge in [-0.05, 0) is 146 Å². The minimum Gasteiger partial charge on any atom is -0.478 e. The summed E-state index contributed by atoms with van der Waals surface area (Å²) >= 11 is 0. The zero-order valence-corrected chi connectivity index (χ0v) is 28.9. The number of pyridine rings is 1. The number of hydrogen-bond acceptors (Lipinski definition) is 4. The number of benzene rings is 1. The number of amides is 1. The number of carboxylic acids is 1. The van der Waals surface area contributed by atoms with Crippen molar-refractivity contribution >= 4 is 17.7 Å². The van der Waals surface area contributed by atoms with Gasteiger partial charge in [0.05, 0.1) is 17.8 Å². The Morgan fingerprint density at radius 2 is 1.70 bits per heavy atom. The van der Waals surface area contributed by atoms with Crippen LogP contribution in [0.15, 0.2) is 42.6 Å². The maximum Gasteiger partial charge on any atom is 0.337 e. The van der Waals surface area contributed by atoms with Gasteiger partial charge in [0.25, 0.3) is 5.91 Å². The third kappa shape index (κ3) is 5.37. The minimum absolute atomic E-state index is 0.132. The van der Waals surface area contributed by atoms with E-state index in [0.717, 1.165) is 42.9 Å². The van der Waals surface area contributed by atoms with Crippen LogP contribution in [0.1, 0.15) is 137 Å². The molecule has 6 heteroatoms. The number of fused-ring (bicyclic) bond motifs is 7. The summed E-state index contributed by atoms with van der Waals surface area (Å²) in [6.07, 6.45) is 17.4. The van der Waals surface area contributed by atoms with Crippen LogP contribution >= 0.6 is 0 Å². The van der Waals surface area contributed by atoms with Gasteiger partial charge < -0.3 is 10.4 Å². The van der Waals surface area contributed by atoms with Crippen molar-refractivity contribution in [2.75, 3.05) is 0 Å². The number of nitrogens with zero attached hydrogens (tertiary/aromatic N) is 1. The van der Waals surface area contributed by atoms with E-state index in [2.05, 4.69) is 50.1 Å². The van der Waals surface area contributed by atoms with Crippen molar-refractivity contribution in [2.45, 2.75) is 118 Å². The Bertz CT molecular complexity index is 1550. The zero-order valence-electron chi connectivity index (χ0n) is 28.9. The molecule has 6 nitrogen and oxygen atoms in total. The smallest absolute Gasteiger partial charge is 0.337 e. The standard InChI is InChI=1S/C41H54N2O4/c1-38(2)33-16-19-39(3)31-15-22-41(18-6-9-32(41)30(31)12-13-34(39)40(33,4)20-17-35(38)44)21-14-26-7-5-8-27(23-26)36(45)43-25-29-11-10-28(24-42-29)37(46)47/h5,7-8,10-11,23-24,30-34H,6,9,12-22,25H2,1-4H3,(H,43,45)(H,46,47). The van der Waals surface area contributed by atoms with E-state index in [1.165, 1.54) is 82.0 Å². The molecule has 1 aromatic carbocycles. The molecule has 2 aromatic rings. The van der Waals surface area contributed by atoms with E-state index in [4.69, 9.17) is 5.11 Å². The van der Waals surface area contributed by atoms with Crippen molar-refractivity contribution in [3.05, 3.63) is 65.0 Å². The van der Waals surface area contributed by atoms with Crippen molar-refractivity contribution in [2.24, 2.45) is 51.2 Å². The molecule has 8 unspecified atom stereocenters. The van der Waals surface area contributed by atoms with Gasteiger partial charge in [0.1, 0.15) is 5.78 Å². The molecule has 0 aliphatic heterocycles. The van der Waals surface area contributed by atoms with Gasteiger partial charge >= 0.3 is 5.97 Å². The number of aromatic carboxylic acids is 1. The number of rotatable bonds is 7. The van der Waals surface area contributed by atoms with Gasteiger partial charge in [-0.2, -0.15) is 0 Å². The lowest BCUT2D eigenvalue weighted by Gasteiger charge is -2.68. The summed E-state index contributed by atoms with van der Waals surface area (Å²) in [7, 11) is 0. The van der Waals surface area contributed by atoms with E-state index in [1.807, 2.05) is 12.1 Å². The highest BCUT2D eigenvalue weighted by Gasteiger charge is 2.66. The largest absolute Gasteiger partial charge is 0.478 e. The van der Waals surface area contributed by atoms with E-state index in [0.29, 0.717) is 39.2 Å². The summed E-state index contributed by atoms with van der Waals surface area (Å²) in [6, 6.07) is 11.3. The molecule has 0 saturated heterocycles. The third-order valence-corrected chi connectivity index (χ3v) is 15.0. The lowest BCUT2D eigenvalue weighted by atomic mass is 9.36. The highest BCUT2D eigenvalue weighted by molar-refractivity contribution is 5.94. The normalized spacial score (nSPS) is 37.2. The molecule has 8 atom stereocenters. The first kappa shape index (κ1) is 32.5. The number of ketones is 1. The highest BCUT2D eigenvalue weighted by atomic mass is 16.4. The Morgan fingerprint density at radius 1 is 0.872 bits per heavy atom. The van der Waals surface area contributed by atoms with Crippen LogP contribution in [0.2, 0.25) is 0 Å². The Kier molecular flexibility index (Phi) is 8.19. The number of aromatic nitrogens is 1. The van der Waals surface area contributed by atoms with Crippen molar-refractivity contribution < 1.29 is 19.5 Å². The minimum atomic E-state index is -1.01. The molecule has 1 heterocycles. The summed E-state index contributed by atoms with van der Waals surface area (Å²) in [4.78, 5) is 41.3. The fourth-order valence-corrected chi connectivity index (χ4v) is 12.8. The summed E-state index contributed by atoms with van der Waals surface area (Å²) < 4.78 is 0. The quantitative estimate of drug-likeness (QED) is 0.316. The van der Waals surface area contributed by atoms with Crippen LogP contribution < -0.4 is 5.32 Å². The molecule has 5 saturated carbocycles. The summed E-state index contributed by atoms with van der Waals surface area (Å²) in [5.74, 6) is 3.10. The fourth-order valence-electron chi connectivity index (χ4n) is 12.8. The molecule has 0 spiro atoms. The molecule has 47 heavy (non-hydrogen) atoms. The fraction of sp³-hybridized carbons (Fsp3) is 0.659. The van der Waals surface area contributed by atoms with Crippen molar-refractivity contribution in [1.82, 2.24) is 10.3 Å². The summed E-state index contributed by atoms with van der Waals surface area (Å²) in [6.45, 7) is 10.0. The van der Waals surface area contributed by atoms with Crippen LogP contribution in [0.25, 0.3) is 0 Å². The Morgan fingerprint density at radius 3 is 2.47 bits per heavy atom. The Balaban J connectivity index is 1.01. The van der Waals surface area contributed by atoms with Crippen molar-refractivity contribution in [3.63, 3.8) is 0 Å². The maximum atomic E-state index is 13.0. The predicted octanol–water partition coefficient (Wildman–Crippen LogP) is 8.68. The van der Waals surface area contributed by atoms with Gasteiger partial charge in [0.2, 0.25) is 0 Å². The van der Waals surface area contributed by atoms with Gasteiger partial charge in [-0.3, -0.25) is 14.6 Å². The van der Waals surface area contributed by atoms with E-state index >= 15 is 0 Å². The second kappa shape index (κ2) is 11.8. The van der Waals surface area contributed by atoms with E-state index in [1.54, 1.807) is 6.07 Å². The number of carbonyl (C=O) groups is 3. The zero-order chi connectivity index (χ0) is 33.2. The van der Waals surface area contributed by atoms with Crippen LogP contribution in [-0.2, 0) is 17.8 Å². The molecule has 1 aromatic heterocycles. The van der Waals surface area contributed by atoms with Gasteiger partial charge in [-0.15, -0.1) is 0 Å². The van der Waals surface area contributed by atoms with Crippen LogP contribution in [0, 0.1) is 51.2 Å². The van der Waals surface area contributed by atoms with Crippen molar-refractivity contribution in [1.29, 1.82) is 0 Å².